The number of aromatic nitrogens is 4. The van der Waals surface area contributed by atoms with Gasteiger partial charge >= 0.3 is 5.97 Å². The number of hydrogen-bond donors (Lipinski definition) is 4. The highest BCUT2D eigenvalue weighted by molar-refractivity contribution is 6.31. The van der Waals surface area contributed by atoms with Gasteiger partial charge in [0.2, 0.25) is 0 Å². The number of aromatic amines is 2. The van der Waals surface area contributed by atoms with Gasteiger partial charge in [0, 0.05) is 27.9 Å². The van der Waals surface area contributed by atoms with Crippen molar-refractivity contribution in [3.63, 3.8) is 0 Å². The van der Waals surface area contributed by atoms with E-state index in [-0.39, 0.29) is 11.4 Å². The maximum Gasteiger partial charge on any atom is 0.336 e. The van der Waals surface area contributed by atoms with Crippen molar-refractivity contribution < 1.29 is 9.90 Å². The number of nitrogens with one attached hydrogen (secondary N) is 2. The van der Waals surface area contributed by atoms with Crippen LogP contribution in [0.1, 0.15) is 41.0 Å². The summed E-state index contributed by atoms with van der Waals surface area (Å²) < 4.78 is 0. The second-order valence-corrected chi connectivity index (χ2v) is 7.80. The Kier molecular flexibility index (Phi) is 4.47. The summed E-state index contributed by atoms with van der Waals surface area (Å²) in [5.41, 5.74) is 10.1. The van der Waals surface area contributed by atoms with Crippen LogP contribution in [0.2, 0.25) is 5.02 Å². The summed E-state index contributed by atoms with van der Waals surface area (Å²) in [4.78, 5) is 11.8. The second-order valence-electron chi connectivity index (χ2n) is 7.37. The molecule has 2 heterocycles. The van der Waals surface area contributed by atoms with Crippen molar-refractivity contribution in [1.29, 1.82) is 0 Å². The Hall–Kier alpha value is -3.06. The summed E-state index contributed by atoms with van der Waals surface area (Å²) in [6.07, 6.45) is 1.17. The summed E-state index contributed by atoms with van der Waals surface area (Å²) in [6.45, 7) is 4.28. The molecule has 0 atom stereocenters. The van der Waals surface area contributed by atoms with E-state index in [2.05, 4.69) is 34.2 Å². The molecule has 0 spiro atoms. The van der Waals surface area contributed by atoms with Crippen LogP contribution in [0.25, 0.3) is 21.8 Å². The van der Waals surface area contributed by atoms with Gasteiger partial charge in [0.05, 0.1) is 16.6 Å². The lowest BCUT2D eigenvalue weighted by Crippen LogP contribution is -2.05. The number of carboxylic acid groups (broad SMARTS) is 1. The molecule has 4 aromatic rings. The van der Waals surface area contributed by atoms with E-state index in [1.165, 1.54) is 0 Å². The fourth-order valence-corrected chi connectivity index (χ4v) is 3.93. The molecule has 8 heteroatoms. The van der Waals surface area contributed by atoms with Gasteiger partial charge < -0.3 is 10.8 Å². The first-order valence-electron chi connectivity index (χ1n) is 8.99. The smallest absolute Gasteiger partial charge is 0.336 e. The van der Waals surface area contributed by atoms with Crippen LogP contribution in [0.4, 0.5) is 5.82 Å². The molecule has 28 heavy (non-hydrogen) atoms. The highest BCUT2D eigenvalue weighted by Gasteiger charge is 2.20. The van der Waals surface area contributed by atoms with Gasteiger partial charge in [-0.3, -0.25) is 10.2 Å². The van der Waals surface area contributed by atoms with Crippen LogP contribution in [0.5, 0.6) is 0 Å². The minimum Gasteiger partial charge on any atom is -0.478 e. The van der Waals surface area contributed by atoms with Gasteiger partial charge in [0.25, 0.3) is 0 Å². The second kappa shape index (κ2) is 6.83. The SMILES string of the molecule is CC(C)Cc1[nH]nc2c(Cc3c(C(=O)O)ccc4[nH]nc(N)c34)cc(Cl)cc12. The Labute approximate surface area is 165 Å². The van der Waals surface area contributed by atoms with Crippen LogP contribution in [0.3, 0.4) is 0 Å². The lowest BCUT2D eigenvalue weighted by molar-refractivity contribution is 0.0696. The van der Waals surface area contributed by atoms with Crippen molar-refractivity contribution >= 4 is 45.2 Å². The Bertz CT molecular complexity index is 1210. The molecule has 5 N–H and O–H groups in total. The molecular weight excluding hydrogens is 378 g/mol. The number of carboxylic acids is 1. The van der Waals surface area contributed by atoms with E-state index in [0.717, 1.165) is 28.6 Å². The molecule has 0 saturated heterocycles. The molecule has 0 aliphatic carbocycles. The monoisotopic (exact) mass is 397 g/mol. The van der Waals surface area contributed by atoms with Crippen molar-refractivity contribution in [3.8, 4) is 0 Å². The standard InChI is InChI=1S/C20H20ClN5O2/c1-9(2)5-16-14-8-11(21)6-10(18(14)25-24-16)7-13-12(20(27)28)3-4-15-17(13)19(22)26-23-15/h3-4,6,8-9H,5,7H2,1-2H3,(H,24,25)(H,27,28)(H3,22,23,26). The van der Waals surface area contributed by atoms with Gasteiger partial charge in [-0.05, 0) is 47.7 Å². The van der Waals surface area contributed by atoms with Crippen LogP contribution in [-0.4, -0.2) is 31.5 Å². The number of anilines is 1. The first-order chi connectivity index (χ1) is 13.3. The molecule has 0 aliphatic rings. The molecule has 4 rings (SSSR count). The van der Waals surface area contributed by atoms with Gasteiger partial charge in [-0.1, -0.05) is 25.4 Å². The molecule has 0 aliphatic heterocycles. The topological polar surface area (TPSA) is 121 Å². The Morgan fingerprint density at radius 2 is 2.04 bits per heavy atom. The van der Waals surface area contributed by atoms with Gasteiger partial charge in [-0.2, -0.15) is 10.2 Å². The number of nitrogen functional groups attached to an aromatic ring is 1. The van der Waals surface area contributed by atoms with Crippen LogP contribution < -0.4 is 5.73 Å². The number of nitrogens with zero attached hydrogens (tertiary/aromatic N) is 2. The average Bonchev–Trinajstić information content (AvgIpc) is 3.19. The lowest BCUT2D eigenvalue weighted by atomic mass is 9.94. The first-order valence-corrected chi connectivity index (χ1v) is 9.37. The number of carbonyl (C=O) groups is 1. The largest absolute Gasteiger partial charge is 0.478 e. The lowest BCUT2D eigenvalue weighted by Gasteiger charge is -2.10. The third-order valence-electron chi connectivity index (χ3n) is 4.86. The summed E-state index contributed by atoms with van der Waals surface area (Å²) in [5, 5.41) is 26.3. The van der Waals surface area contributed by atoms with Crippen LogP contribution in [0.15, 0.2) is 24.3 Å². The van der Waals surface area contributed by atoms with Crippen molar-refractivity contribution in [2.24, 2.45) is 5.92 Å². The third kappa shape index (κ3) is 3.07. The predicted molar refractivity (Wildman–Crippen MR) is 110 cm³/mol. The molecule has 0 radical (unpaired) electrons. The Morgan fingerprint density at radius 1 is 1.25 bits per heavy atom. The number of nitrogens with two attached hydrogens (primary N) is 1. The maximum absolute atomic E-state index is 11.8. The van der Waals surface area contributed by atoms with E-state index >= 15 is 0 Å². The van der Waals surface area contributed by atoms with Gasteiger partial charge in [0.15, 0.2) is 5.82 Å². The molecule has 0 amide bonds. The molecular formula is C20H20ClN5O2. The van der Waals surface area contributed by atoms with E-state index < -0.39 is 5.97 Å². The highest BCUT2D eigenvalue weighted by Crippen LogP contribution is 2.32. The van der Waals surface area contributed by atoms with Crippen molar-refractivity contribution in [3.05, 3.63) is 51.7 Å². The van der Waals surface area contributed by atoms with Crippen molar-refractivity contribution in [2.75, 3.05) is 5.73 Å². The number of rotatable bonds is 5. The van der Waals surface area contributed by atoms with Crippen molar-refractivity contribution in [2.45, 2.75) is 26.7 Å². The van der Waals surface area contributed by atoms with Crippen molar-refractivity contribution in [1.82, 2.24) is 20.4 Å². The number of fused-ring (bicyclic) bond motifs is 2. The summed E-state index contributed by atoms with van der Waals surface area (Å²) in [7, 11) is 0. The zero-order chi connectivity index (χ0) is 20.0. The third-order valence-corrected chi connectivity index (χ3v) is 5.08. The first kappa shape index (κ1) is 18.3. The quantitative estimate of drug-likeness (QED) is 0.403. The molecule has 0 fully saturated rings. The van der Waals surface area contributed by atoms with E-state index in [4.69, 9.17) is 17.3 Å². The van der Waals surface area contributed by atoms with Crippen LogP contribution in [-0.2, 0) is 12.8 Å². The molecule has 2 aromatic heterocycles. The number of halogens is 1. The van der Waals surface area contributed by atoms with Gasteiger partial charge in [-0.25, -0.2) is 4.79 Å². The zero-order valence-electron chi connectivity index (χ0n) is 15.5. The van der Waals surface area contributed by atoms with Gasteiger partial charge in [-0.15, -0.1) is 0 Å². The molecule has 0 saturated carbocycles. The molecule has 144 valence electrons. The summed E-state index contributed by atoms with van der Waals surface area (Å²) in [6, 6.07) is 6.96. The molecule has 7 nitrogen and oxygen atoms in total. The zero-order valence-corrected chi connectivity index (χ0v) is 16.3. The fourth-order valence-electron chi connectivity index (χ4n) is 3.68. The number of hydrogen-bond acceptors (Lipinski definition) is 4. The summed E-state index contributed by atoms with van der Waals surface area (Å²) >= 11 is 6.39. The Balaban J connectivity index is 1.91. The van der Waals surface area contributed by atoms with Crippen LogP contribution in [0, 0.1) is 5.92 Å². The minimum absolute atomic E-state index is 0.187. The maximum atomic E-state index is 11.8. The number of benzene rings is 2. The predicted octanol–water partition coefficient (Wildman–Crippen LogP) is 4.16. The molecule has 2 aromatic carbocycles. The molecule has 0 bridgehead atoms. The average molecular weight is 398 g/mol. The molecule has 0 unspecified atom stereocenters. The van der Waals surface area contributed by atoms with E-state index in [0.29, 0.717) is 33.8 Å². The number of aromatic carboxylic acids is 1. The highest BCUT2D eigenvalue weighted by atomic mass is 35.5. The Morgan fingerprint density at radius 3 is 2.75 bits per heavy atom. The number of H-pyrrole nitrogens is 2. The minimum atomic E-state index is -1.02. The van der Waals surface area contributed by atoms with E-state index in [1.54, 1.807) is 12.1 Å². The summed E-state index contributed by atoms with van der Waals surface area (Å²) in [5.74, 6) is -0.281. The van der Waals surface area contributed by atoms with E-state index in [9.17, 15) is 9.90 Å². The van der Waals surface area contributed by atoms with Gasteiger partial charge in [0.1, 0.15) is 0 Å². The van der Waals surface area contributed by atoms with E-state index in [1.807, 2.05) is 12.1 Å². The normalized spacial score (nSPS) is 11.7. The van der Waals surface area contributed by atoms with Crippen LogP contribution >= 0.6 is 11.6 Å². The fraction of sp³-hybridized carbons (Fsp3) is 0.250.